The number of aliphatic hydroxyl groups excluding tert-OH is 1. The van der Waals surface area contributed by atoms with Gasteiger partial charge in [0.1, 0.15) is 11.6 Å². The maximum absolute atomic E-state index is 12.8. The van der Waals surface area contributed by atoms with Crippen LogP contribution in [0.1, 0.15) is 18.9 Å². The van der Waals surface area contributed by atoms with Crippen LogP contribution in [-0.2, 0) is 6.18 Å². The van der Waals surface area contributed by atoms with Gasteiger partial charge in [0.25, 0.3) is 0 Å². The monoisotopic (exact) mass is 278 g/mol. The summed E-state index contributed by atoms with van der Waals surface area (Å²) in [6.45, 7) is 2.44. The molecule has 0 aliphatic heterocycles. The fraction of sp³-hybridized carbons (Fsp3) is 0.545. The minimum atomic E-state index is -4.47. The van der Waals surface area contributed by atoms with Gasteiger partial charge in [-0.05, 0) is 18.6 Å². The van der Waals surface area contributed by atoms with Crippen molar-refractivity contribution >= 4 is 11.6 Å². The third kappa shape index (κ3) is 4.25. The second-order valence-electron chi connectivity index (χ2n) is 3.95. The third-order valence-electron chi connectivity index (χ3n) is 2.47. The van der Waals surface area contributed by atoms with E-state index in [1.807, 2.05) is 6.92 Å². The Morgan fingerprint density at radius 3 is 2.53 bits per heavy atom. The van der Waals surface area contributed by atoms with Gasteiger partial charge in [-0.2, -0.15) is 13.2 Å². The molecule has 0 fully saturated rings. The summed E-state index contributed by atoms with van der Waals surface area (Å²) >= 11 is 0. The summed E-state index contributed by atoms with van der Waals surface area (Å²) in [6, 6.07) is 1.79. The highest BCUT2D eigenvalue weighted by molar-refractivity contribution is 5.50. The highest BCUT2D eigenvalue weighted by Gasteiger charge is 2.32. The summed E-state index contributed by atoms with van der Waals surface area (Å²) in [7, 11) is 0. The second kappa shape index (κ2) is 6.58. The number of alkyl halides is 3. The molecule has 0 amide bonds. The molecule has 0 unspecified atom stereocenters. The maximum atomic E-state index is 12.8. The van der Waals surface area contributed by atoms with Crippen molar-refractivity contribution in [3.8, 4) is 0 Å². The Kier molecular flexibility index (Phi) is 5.37. The number of nitrogen functional groups attached to an aromatic ring is 1. The van der Waals surface area contributed by atoms with E-state index in [2.05, 4.69) is 10.4 Å². The predicted octanol–water partition coefficient (Wildman–Crippen LogP) is 1.59. The van der Waals surface area contributed by atoms with Crippen LogP contribution in [0.2, 0.25) is 0 Å². The molecule has 0 atom stereocenters. The van der Waals surface area contributed by atoms with Crippen LogP contribution in [0.4, 0.5) is 24.8 Å². The smallest absolute Gasteiger partial charge is 0.395 e. The van der Waals surface area contributed by atoms with Crippen LogP contribution in [-0.4, -0.2) is 29.8 Å². The van der Waals surface area contributed by atoms with E-state index in [1.165, 1.54) is 0 Å². The zero-order chi connectivity index (χ0) is 14.5. The average Bonchev–Trinajstić information content (AvgIpc) is 2.37. The van der Waals surface area contributed by atoms with Crippen LogP contribution < -0.4 is 16.2 Å². The molecule has 0 saturated heterocycles. The first kappa shape index (κ1) is 15.5. The van der Waals surface area contributed by atoms with Crippen molar-refractivity contribution in [1.29, 1.82) is 0 Å². The van der Waals surface area contributed by atoms with E-state index in [0.29, 0.717) is 6.54 Å². The Labute approximate surface area is 109 Å². The molecule has 5 nitrogen and oxygen atoms in total. The summed E-state index contributed by atoms with van der Waals surface area (Å²) in [5.41, 5.74) is 1.29. The van der Waals surface area contributed by atoms with Crippen molar-refractivity contribution in [2.24, 2.45) is 5.84 Å². The van der Waals surface area contributed by atoms with Crippen LogP contribution in [0.5, 0.6) is 0 Å². The number of nitrogens with one attached hydrogen (secondary N) is 1. The van der Waals surface area contributed by atoms with Crippen LogP contribution in [0.15, 0.2) is 12.1 Å². The van der Waals surface area contributed by atoms with E-state index >= 15 is 0 Å². The lowest BCUT2D eigenvalue weighted by Gasteiger charge is -2.23. The van der Waals surface area contributed by atoms with E-state index in [9.17, 15) is 13.2 Å². The van der Waals surface area contributed by atoms with Crippen molar-refractivity contribution in [2.75, 3.05) is 30.0 Å². The first-order chi connectivity index (χ1) is 8.92. The highest BCUT2D eigenvalue weighted by Crippen LogP contribution is 2.32. The first-order valence-corrected chi connectivity index (χ1v) is 5.84. The molecule has 0 bridgehead atoms. The summed E-state index contributed by atoms with van der Waals surface area (Å²) in [4.78, 5) is 5.56. The quantitative estimate of drug-likeness (QED) is 0.544. The van der Waals surface area contributed by atoms with E-state index in [0.717, 1.165) is 18.6 Å². The maximum Gasteiger partial charge on any atom is 0.416 e. The molecule has 4 N–H and O–H groups in total. The van der Waals surface area contributed by atoms with Gasteiger partial charge in [0.2, 0.25) is 0 Å². The molecule has 1 aromatic heterocycles. The van der Waals surface area contributed by atoms with Gasteiger partial charge in [0.05, 0.1) is 12.2 Å². The normalized spacial score (nSPS) is 11.5. The van der Waals surface area contributed by atoms with E-state index in [1.54, 1.807) is 4.90 Å². The summed E-state index contributed by atoms with van der Waals surface area (Å²) in [5, 5.41) is 8.95. The number of pyridine rings is 1. The minimum Gasteiger partial charge on any atom is -0.395 e. The third-order valence-corrected chi connectivity index (χ3v) is 2.47. The SMILES string of the molecule is CCCN(CCO)c1cc(C(F)(F)F)cc(NN)n1. The van der Waals surface area contributed by atoms with Gasteiger partial charge < -0.3 is 15.4 Å². The molecule has 1 rings (SSSR count). The van der Waals surface area contributed by atoms with Gasteiger partial charge in [0.15, 0.2) is 0 Å². The number of nitrogens with two attached hydrogens (primary N) is 1. The molecule has 108 valence electrons. The van der Waals surface area contributed by atoms with Gasteiger partial charge in [-0.25, -0.2) is 10.8 Å². The lowest BCUT2D eigenvalue weighted by molar-refractivity contribution is -0.137. The molecule has 0 aliphatic carbocycles. The fourth-order valence-corrected chi connectivity index (χ4v) is 1.65. The van der Waals surface area contributed by atoms with Gasteiger partial charge in [-0.3, -0.25) is 0 Å². The van der Waals surface area contributed by atoms with Crippen LogP contribution in [0, 0.1) is 0 Å². The Morgan fingerprint density at radius 2 is 2.05 bits per heavy atom. The molecular weight excluding hydrogens is 261 g/mol. The second-order valence-corrected chi connectivity index (χ2v) is 3.95. The number of hydrogen-bond acceptors (Lipinski definition) is 5. The van der Waals surface area contributed by atoms with Crippen molar-refractivity contribution < 1.29 is 18.3 Å². The lowest BCUT2D eigenvalue weighted by Crippen LogP contribution is -2.29. The molecule has 0 aliphatic rings. The molecule has 8 heteroatoms. The first-order valence-electron chi connectivity index (χ1n) is 5.84. The fourth-order valence-electron chi connectivity index (χ4n) is 1.65. The van der Waals surface area contributed by atoms with Crippen LogP contribution >= 0.6 is 0 Å². The largest absolute Gasteiger partial charge is 0.416 e. The Bertz CT molecular complexity index is 405. The summed E-state index contributed by atoms with van der Waals surface area (Å²) in [6.07, 6.45) is -3.75. The van der Waals surface area contributed by atoms with Crippen LogP contribution in [0.3, 0.4) is 0 Å². The standard InChI is InChI=1S/C11H17F3N4O/c1-2-3-18(4-5-19)10-7-8(11(12,13)14)6-9(16-10)17-15/h6-7,19H,2-5,15H2,1H3,(H,16,17). The van der Waals surface area contributed by atoms with Gasteiger partial charge in [0, 0.05) is 13.1 Å². The number of anilines is 2. The number of hydrazine groups is 1. The van der Waals surface area contributed by atoms with E-state index in [4.69, 9.17) is 10.9 Å². The number of hydrogen-bond donors (Lipinski definition) is 3. The summed E-state index contributed by atoms with van der Waals surface area (Å²) < 4.78 is 38.3. The van der Waals surface area contributed by atoms with Crippen molar-refractivity contribution in [3.05, 3.63) is 17.7 Å². The number of aromatic nitrogens is 1. The molecule has 0 saturated carbocycles. The van der Waals surface area contributed by atoms with Crippen molar-refractivity contribution in [2.45, 2.75) is 19.5 Å². The molecular formula is C11H17F3N4O. The average molecular weight is 278 g/mol. The molecule has 0 radical (unpaired) electrons. The van der Waals surface area contributed by atoms with E-state index in [-0.39, 0.29) is 24.8 Å². The lowest BCUT2D eigenvalue weighted by atomic mass is 10.2. The molecule has 0 spiro atoms. The molecule has 19 heavy (non-hydrogen) atoms. The topological polar surface area (TPSA) is 74.4 Å². The number of aliphatic hydroxyl groups is 1. The van der Waals surface area contributed by atoms with Crippen molar-refractivity contribution in [1.82, 2.24) is 4.98 Å². The van der Waals surface area contributed by atoms with Gasteiger partial charge in [-0.1, -0.05) is 6.92 Å². The number of halogens is 3. The zero-order valence-corrected chi connectivity index (χ0v) is 10.5. The molecule has 0 aromatic carbocycles. The number of nitrogens with zero attached hydrogens (tertiary/aromatic N) is 2. The van der Waals surface area contributed by atoms with Gasteiger partial charge >= 0.3 is 6.18 Å². The van der Waals surface area contributed by atoms with Gasteiger partial charge in [-0.15, -0.1) is 0 Å². The Balaban J connectivity index is 3.17. The zero-order valence-electron chi connectivity index (χ0n) is 10.5. The molecule has 1 heterocycles. The highest BCUT2D eigenvalue weighted by atomic mass is 19.4. The summed E-state index contributed by atoms with van der Waals surface area (Å²) in [5.74, 6) is 5.20. The van der Waals surface area contributed by atoms with Crippen LogP contribution in [0.25, 0.3) is 0 Å². The van der Waals surface area contributed by atoms with E-state index < -0.39 is 11.7 Å². The number of rotatable bonds is 6. The Hall–Kier alpha value is -1.54. The minimum absolute atomic E-state index is 0.0659. The van der Waals surface area contributed by atoms with Crippen molar-refractivity contribution in [3.63, 3.8) is 0 Å². The molecule has 1 aromatic rings. The predicted molar refractivity (Wildman–Crippen MR) is 66.6 cm³/mol. The Morgan fingerprint density at radius 1 is 1.37 bits per heavy atom.